The minimum Gasteiger partial charge on any atom is -0.508 e. The van der Waals surface area contributed by atoms with Gasteiger partial charge in [-0.1, -0.05) is 18.2 Å². The summed E-state index contributed by atoms with van der Waals surface area (Å²) in [5.41, 5.74) is 1.46. The molecule has 0 saturated heterocycles. The van der Waals surface area contributed by atoms with Crippen LogP contribution in [0.15, 0.2) is 47.2 Å². The van der Waals surface area contributed by atoms with Crippen LogP contribution in [0.3, 0.4) is 0 Å². The van der Waals surface area contributed by atoms with Crippen LogP contribution in [0.2, 0.25) is 0 Å². The van der Waals surface area contributed by atoms with E-state index >= 15 is 0 Å². The second-order valence-electron chi connectivity index (χ2n) is 5.04. The van der Waals surface area contributed by atoms with E-state index in [0.717, 1.165) is 5.56 Å². The predicted molar refractivity (Wildman–Crippen MR) is 95.7 cm³/mol. The van der Waals surface area contributed by atoms with Crippen LogP contribution < -0.4 is 5.32 Å². The Kier molecular flexibility index (Phi) is 5.02. The van der Waals surface area contributed by atoms with Crippen LogP contribution in [0.4, 0.5) is 5.13 Å². The van der Waals surface area contributed by atoms with E-state index in [2.05, 4.69) is 10.3 Å². The fourth-order valence-electron chi connectivity index (χ4n) is 2.10. The molecule has 1 amide bonds. The maximum Gasteiger partial charge on any atom is 0.226 e. The molecule has 122 valence electrons. The normalized spacial score (nSPS) is 10.5. The van der Waals surface area contributed by atoms with Gasteiger partial charge in [0.05, 0.1) is 10.6 Å². The zero-order chi connectivity index (χ0) is 16.9. The SMILES string of the molecule is O=C(CCC(=O)c1cccs1)Nc1nc(-c2cccc(O)c2)cs1. The van der Waals surface area contributed by atoms with E-state index < -0.39 is 0 Å². The largest absolute Gasteiger partial charge is 0.508 e. The second kappa shape index (κ2) is 7.37. The molecule has 2 aromatic heterocycles. The number of benzene rings is 1. The summed E-state index contributed by atoms with van der Waals surface area (Å²) in [5.74, 6) is -0.102. The third-order valence-corrected chi connectivity index (χ3v) is 4.94. The van der Waals surface area contributed by atoms with E-state index in [1.54, 1.807) is 29.6 Å². The van der Waals surface area contributed by atoms with Crippen molar-refractivity contribution in [2.24, 2.45) is 0 Å². The Morgan fingerprint density at radius 3 is 2.75 bits per heavy atom. The van der Waals surface area contributed by atoms with Crippen LogP contribution in [-0.2, 0) is 4.79 Å². The van der Waals surface area contributed by atoms with Crippen molar-refractivity contribution in [2.45, 2.75) is 12.8 Å². The van der Waals surface area contributed by atoms with Crippen LogP contribution in [-0.4, -0.2) is 21.8 Å². The maximum atomic E-state index is 12.0. The first-order chi connectivity index (χ1) is 11.6. The van der Waals surface area contributed by atoms with Gasteiger partial charge in [-0.15, -0.1) is 22.7 Å². The third kappa shape index (κ3) is 4.06. The van der Waals surface area contributed by atoms with Gasteiger partial charge in [-0.05, 0) is 23.6 Å². The first-order valence-corrected chi connectivity index (χ1v) is 8.99. The highest BCUT2D eigenvalue weighted by Crippen LogP contribution is 2.27. The van der Waals surface area contributed by atoms with Gasteiger partial charge < -0.3 is 10.4 Å². The van der Waals surface area contributed by atoms with Crippen molar-refractivity contribution in [2.75, 3.05) is 5.32 Å². The lowest BCUT2D eigenvalue weighted by atomic mass is 10.2. The average molecular weight is 358 g/mol. The first kappa shape index (κ1) is 16.4. The summed E-state index contributed by atoms with van der Waals surface area (Å²) in [6, 6.07) is 10.3. The first-order valence-electron chi connectivity index (χ1n) is 7.23. The number of phenols is 1. The van der Waals surface area contributed by atoms with Crippen LogP contribution in [0, 0.1) is 0 Å². The molecular weight excluding hydrogens is 344 g/mol. The number of thiazole rings is 1. The van der Waals surface area contributed by atoms with Crippen LogP contribution in [0.5, 0.6) is 5.75 Å². The number of amides is 1. The summed E-state index contributed by atoms with van der Waals surface area (Å²) in [6.45, 7) is 0. The third-order valence-electron chi connectivity index (χ3n) is 3.27. The Hall–Kier alpha value is -2.51. The zero-order valence-electron chi connectivity index (χ0n) is 12.6. The van der Waals surface area contributed by atoms with E-state index in [-0.39, 0.29) is 30.3 Å². The predicted octanol–water partition coefficient (Wildman–Crippen LogP) is 4.18. The van der Waals surface area contributed by atoms with Crippen LogP contribution in [0.25, 0.3) is 11.3 Å². The number of nitrogens with zero attached hydrogens (tertiary/aromatic N) is 1. The van der Waals surface area contributed by atoms with Crippen LogP contribution in [0.1, 0.15) is 22.5 Å². The Morgan fingerprint density at radius 2 is 2.00 bits per heavy atom. The number of nitrogens with one attached hydrogen (secondary N) is 1. The van der Waals surface area contributed by atoms with E-state index in [4.69, 9.17) is 0 Å². The number of carbonyl (C=O) groups excluding carboxylic acids is 2. The number of ketones is 1. The number of rotatable bonds is 6. The Labute approximate surface area is 146 Å². The number of aromatic hydroxyl groups is 1. The monoisotopic (exact) mass is 358 g/mol. The van der Waals surface area contributed by atoms with Crippen molar-refractivity contribution in [3.05, 3.63) is 52.0 Å². The topological polar surface area (TPSA) is 79.3 Å². The summed E-state index contributed by atoms with van der Waals surface area (Å²) in [4.78, 5) is 28.8. The smallest absolute Gasteiger partial charge is 0.226 e. The molecule has 0 fully saturated rings. The van der Waals surface area contributed by atoms with Gasteiger partial charge in [-0.3, -0.25) is 9.59 Å². The molecule has 7 heteroatoms. The highest BCUT2D eigenvalue weighted by atomic mass is 32.1. The standard InChI is InChI=1S/C17H14N2O3S2/c20-12-4-1-3-11(9-12)13-10-24-17(18-13)19-16(22)7-6-14(21)15-5-2-8-23-15/h1-5,8-10,20H,6-7H2,(H,18,19,22). The summed E-state index contributed by atoms with van der Waals surface area (Å²) >= 11 is 2.68. The van der Waals surface area contributed by atoms with Crippen LogP contribution >= 0.6 is 22.7 Å². The number of phenolic OH excluding ortho intramolecular Hbond substituents is 1. The molecule has 3 aromatic rings. The van der Waals surface area contributed by atoms with E-state index in [1.165, 1.54) is 22.7 Å². The molecule has 0 aliphatic carbocycles. The molecule has 5 nitrogen and oxygen atoms in total. The molecule has 0 bridgehead atoms. The summed E-state index contributed by atoms with van der Waals surface area (Å²) in [7, 11) is 0. The van der Waals surface area contributed by atoms with E-state index in [1.807, 2.05) is 17.5 Å². The van der Waals surface area contributed by atoms with Crippen molar-refractivity contribution in [3.63, 3.8) is 0 Å². The molecule has 1 aromatic carbocycles. The molecule has 2 heterocycles. The lowest BCUT2D eigenvalue weighted by Gasteiger charge is -2.01. The highest BCUT2D eigenvalue weighted by molar-refractivity contribution is 7.14. The fraction of sp³-hybridized carbons (Fsp3) is 0.118. The van der Waals surface area contributed by atoms with Crippen molar-refractivity contribution in [1.29, 1.82) is 0 Å². The quantitative estimate of drug-likeness (QED) is 0.648. The van der Waals surface area contributed by atoms with Gasteiger partial charge in [0.1, 0.15) is 5.75 Å². The van der Waals surface area contributed by atoms with Gasteiger partial charge in [0.2, 0.25) is 5.91 Å². The Balaban J connectivity index is 1.56. The highest BCUT2D eigenvalue weighted by Gasteiger charge is 2.12. The van der Waals surface area contributed by atoms with E-state index in [0.29, 0.717) is 15.7 Å². The Morgan fingerprint density at radius 1 is 1.12 bits per heavy atom. The molecular formula is C17H14N2O3S2. The Bertz CT molecular complexity index is 856. The van der Waals surface area contributed by atoms with Crippen molar-refractivity contribution < 1.29 is 14.7 Å². The molecule has 0 saturated carbocycles. The molecule has 3 rings (SSSR count). The number of hydrogen-bond donors (Lipinski definition) is 2. The lowest BCUT2D eigenvalue weighted by Crippen LogP contribution is -2.13. The van der Waals surface area contributed by atoms with Crippen molar-refractivity contribution >= 4 is 39.5 Å². The summed E-state index contributed by atoms with van der Waals surface area (Å²) < 4.78 is 0. The molecule has 0 aliphatic rings. The number of Topliss-reactive ketones (excluding diaryl/α,β-unsaturated/α-hetero) is 1. The van der Waals surface area contributed by atoms with Crippen molar-refractivity contribution in [1.82, 2.24) is 4.98 Å². The number of hydrogen-bond acceptors (Lipinski definition) is 6. The number of thiophene rings is 1. The molecule has 0 spiro atoms. The lowest BCUT2D eigenvalue weighted by molar-refractivity contribution is -0.116. The fourth-order valence-corrected chi connectivity index (χ4v) is 3.53. The minimum absolute atomic E-state index is 0.0280. The molecule has 2 N–H and O–H groups in total. The van der Waals surface area contributed by atoms with E-state index in [9.17, 15) is 14.7 Å². The maximum absolute atomic E-state index is 12.0. The summed E-state index contributed by atoms with van der Waals surface area (Å²) in [5, 5.41) is 16.3. The molecule has 0 aliphatic heterocycles. The van der Waals surface area contributed by atoms with Gasteiger partial charge in [-0.25, -0.2) is 4.98 Å². The zero-order valence-corrected chi connectivity index (χ0v) is 14.2. The number of anilines is 1. The molecule has 0 radical (unpaired) electrons. The minimum atomic E-state index is -0.239. The average Bonchev–Trinajstić information content (AvgIpc) is 3.24. The van der Waals surface area contributed by atoms with Gasteiger partial charge >= 0.3 is 0 Å². The van der Waals surface area contributed by atoms with Gasteiger partial charge in [-0.2, -0.15) is 0 Å². The van der Waals surface area contributed by atoms with Gasteiger partial charge in [0.25, 0.3) is 0 Å². The molecule has 24 heavy (non-hydrogen) atoms. The number of aromatic nitrogens is 1. The summed E-state index contributed by atoms with van der Waals surface area (Å²) in [6.07, 6.45) is 0.301. The molecule has 0 unspecified atom stereocenters. The number of carbonyl (C=O) groups is 2. The van der Waals surface area contributed by atoms with Gasteiger partial charge in [0, 0.05) is 23.8 Å². The molecule has 0 atom stereocenters. The van der Waals surface area contributed by atoms with Crippen molar-refractivity contribution in [3.8, 4) is 17.0 Å². The second-order valence-corrected chi connectivity index (χ2v) is 6.84. The van der Waals surface area contributed by atoms with Gasteiger partial charge in [0.15, 0.2) is 10.9 Å².